The van der Waals surface area contributed by atoms with Crippen LogP contribution in [0.2, 0.25) is 18.1 Å². The molecule has 0 aromatic carbocycles. The first kappa shape index (κ1) is 18.6. The number of hydrogen-bond acceptors (Lipinski definition) is 3. The van der Waals surface area contributed by atoms with Gasteiger partial charge in [0.15, 0.2) is 0 Å². The van der Waals surface area contributed by atoms with Gasteiger partial charge in [-0.25, -0.2) is 8.42 Å². The second kappa shape index (κ2) is 8.71. The van der Waals surface area contributed by atoms with Crippen LogP contribution in [0.5, 0.6) is 0 Å². The minimum atomic E-state index is -2.88. The first-order valence-corrected chi connectivity index (χ1v) is 12.4. The second-order valence-corrected chi connectivity index (χ2v) is 12.7. The Kier molecular flexibility index (Phi) is 9.01. The largest absolute Gasteiger partial charge is 0.381 e. The Balaban J connectivity index is 3.75. The molecule has 0 fully saturated rings. The number of hydrogen-bond donors (Lipinski definition) is 0. The number of alkyl halides is 1. The lowest BCUT2D eigenvalue weighted by Crippen LogP contribution is -2.26. The predicted molar refractivity (Wildman–Crippen MR) is 85.4 cm³/mol. The van der Waals surface area contributed by atoms with Crippen LogP contribution in [0.1, 0.15) is 26.7 Å². The Morgan fingerprint density at radius 3 is 2.22 bits per heavy atom. The fourth-order valence-electron chi connectivity index (χ4n) is 1.26. The Hall–Kier alpha value is 0.607. The quantitative estimate of drug-likeness (QED) is 0.342. The van der Waals surface area contributed by atoms with Gasteiger partial charge in [0.1, 0.15) is 9.84 Å². The molecule has 0 N–H and O–H groups in total. The van der Waals surface area contributed by atoms with Gasteiger partial charge in [0.2, 0.25) is 0 Å². The van der Waals surface area contributed by atoms with Crippen LogP contribution in [-0.4, -0.2) is 47.3 Å². The maximum absolute atomic E-state index is 11.6. The van der Waals surface area contributed by atoms with E-state index in [4.69, 9.17) is 4.74 Å². The van der Waals surface area contributed by atoms with Gasteiger partial charge < -0.3 is 4.74 Å². The molecule has 3 nitrogen and oxygen atoms in total. The maximum Gasteiger partial charge on any atom is 0.150 e. The van der Waals surface area contributed by atoms with Gasteiger partial charge in [-0.3, -0.25) is 0 Å². The van der Waals surface area contributed by atoms with Crippen molar-refractivity contribution in [2.45, 2.75) is 44.8 Å². The van der Waals surface area contributed by atoms with Crippen LogP contribution in [-0.2, 0) is 14.6 Å². The van der Waals surface area contributed by atoms with Gasteiger partial charge in [0.05, 0.1) is 11.5 Å². The van der Waals surface area contributed by atoms with Crippen molar-refractivity contribution in [2.75, 3.05) is 30.0 Å². The lowest BCUT2D eigenvalue weighted by atomic mass is 10.2. The Labute approximate surface area is 122 Å². The zero-order valence-corrected chi connectivity index (χ0v) is 15.6. The van der Waals surface area contributed by atoms with Crippen LogP contribution >= 0.6 is 15.9 Å². The standard InChI is InChI=1S/C12H27BrO3SSi/c1-12(2,18(3)4)11-16-8-6-10-17(14,15)9-5-7-13/h18H,5-11H2,1-4H3. The van der Waals surface area contributed by atoms with E-state index < -0.39 is 18.6 Å². The highest BCUT2D eigenvalue weighted by Gasteiger charge is 2.23. The molecule has 0 unspecified atom stereocenters. The highest BCUT2D eigenvalue weighted by atomic mass is 79.9. The van der Waals surface area contributed by atoms with E-state index in [1.807, 2.05) is 0 Å². The normalized spacial score (nSPS) is 13.2. The molecule has 0 radical (unpaired) electrons. The van der Waals surface area contributed by atoms with Crippen LogP contribution < -0.4 is 0 Å². The molecular formula is C12H27BrO3SSi. The molecule has 110 valence electrons. The van der Waals surface area contributed by atoms with E-state index in [0.717, 1.165) is 11.9 Å². The molecule has 0 spiro atoms. The number of ether oxygens (including phenoxy) is 1. The molecule has 0 saturated heterocycles. The summed E-state index contributed by atoms with van der Waals surface area (Å²) in [4.78, 5) is 0. The highest BCUT2D eigenvalue weighted by molar-refractivity contribution is 9.09. The van der Waals surface area contributed by atoms with E-state index in [1.165, 1.54) is 0 Å². The first-order valence-electron chi connectivity index (χ1n) is 6.55. The van der Waals surface area contributed by atoms with Crippen molar-refractivity contribution in [1.82, 2.24) is 0 Å². The Morgan fingerprint density at radius 2 is 1.72 bits per heavy atom. The van der Waals surface area contributed by atoms with Crippen molar-refractivity contribution >= 4 is 34.6 Å². The monoisotopic (exact) mass is 358 g/mol. The molecule has 0 aliphatic carbocycles. The third kappa shape index (κ3) is 8.66. The summed E-state index contributed by atoms with van der Waals surface area (Å²) in [6.45, 7) is 10.4. The van der Waals surface area contributed by atoms with Gasteiger partial charge in [0, 0.05) is 27.3 Å². The number of halogens is 1. The van der Waals surface area contributed by atoms with Gasteiger partial charge in [-0.15, -0.1) is 0 Å². The molecule has 0 rings (SSSR count). The van der Waals surface area contributed by atoms with Crippen LogP contribution in [0.15, 0.2) is 0 Å². The summed E-state index contributed by atoms with van der Waals surface area (Å²) >= 11 is 3.25. The fourth-order valence-corrected chi connectivity index (χ4v) is 3.71. The van der Waals surface area contributed by atoms with Gasteiger partial charge in [-0.1, -0.05) is 42.9 Å². The minimum absolute atomic E-state index is 0.250. The van der Waals surface area contributed by atoms with Crippen molar-refractivity contribution in [3.63, 3.8) is 0 Å². The lowest BCUT2D eigenvalue weighted by molar-refractivity contribution is 0.114. The molecule has 0 heterocycles. The van der Waals surface area contributed by atoms with Crippen LogP contribution in [0.25, 0.3) is 0 Å². The van der Waals surface area contributed by atoms with E-state index in [1.54, 1.807) is 0 Å². The van der Waals surface area contributed by atoms with Crippen LogP contribution in [0.4, 0.5) is 0 Å². The lowest BCUT2D eigenvalue weighted by Gasteiger charge is -2.27. The molecule has 0 aromatic rings. The summed E-state index contributed by atoms with van der Waals surface area (Å²) in [6, 6.07) is 0. The first-order chi connectivity index (χ1) is 8.21. The van der Waals surface area contributed by atoms with E-state index in [0.29, 0.717) is 19.4 Å². The average Bonchev–Trinajstić information content (AvgIpc) is 2.25. The number of rotatable bonds is 10. The summed E-state index contributed by atoms with van der Waals surface area (Å²) in [7, 11) is -3.61. The SMILES string of the molecule is C[SiH](C)C(C)(C)COCCCS(=O)(=O)CCCBr. The summed E-state index contributed by atoms with van der Waals surface area (Å²) in [5.74, 6) is 0.530. The highest BCUT2D eigenvalue weighted by Crippen LogP contribution is 2.28. The van der Waals surface area contributed by atoms with Crippen molar-refractivity contribution in [3.05, 3.63) is 0 Å². The topological polar surface area (TPSA) is 43.4 Å². The summed E-state index contributed by atoms with van der Waals surface area (Å²) < 4.78 is 28.8. The predicted octanol–water partition coefficient (Wildman–Crippen LogP) is 2.86. The molecule has 0 saturated carbocycles. The van der Waals surface area contributed by atoms with E-state index in [2.05, 4.69) is 42.9 Å². The molecule has 0 aromatic heterocycles. The smallest absolute Gasteiger partial charge is 0.150 e. The average molecular weight is 359 g/mol. The Bertz CT molecular complexity index is 315. The summed E-state index contributed by atoms with van der Waals surface area (Å²) in [5, 5.41) is 1.03. The van der Waals surface area contributed by atoms with Crippen LogP contribution in [0.3, 0.4) is 0 Å². The van der Waals surface area contributed by atoms with Gasteiger partial charge in [-0.05, 0) is 17.9 Å². The zero-order chi connectivity index (χ0) is 14.2. The third-order valence-corrected chi connectivity index (χ3v) is 9.04. The van der Waals surface area contributed by atoms with Crippen LogP contribution in [0, 0.1) is 0 Å². The van der Waals surface area contributed by atoms with Gasteiger partial charge in [0.25, 0.3) is 0 Å². The molecule has 6 heteroatoms. The van der Waals surface area contributed by atoms with Gasteiger partial charge >= 0.3 is 0 Å². The Morgan fingerprint density at radius 1 is 1.17 bits per heavy atom. The van der Waals surface area contributed by atoms with E-state index in [-0.39, 0.29) is 16.5 Å². The number of sulfone groups is 1. The van der Waals surface area contributed by atoms with E-state index in [9.17, 15) is 8.42 Å². The second-order valence-electron chi connectivity index (χ2n) is 5.74. The summed E-state index contributed by atoms with van der Waals surface area (Å²) in [6.07, 6.45) is 1.30. The van der Waals surface area contributed by atoms with Crippen molar-refractivity contribution in [3.8, 4) is 0 Å². The molecule has 0 atom stereocenters. The molecule has 0 bridgehead atoms. The molecule has 0 amide bonds. The van der Waals surface area contributed by atoms with Gasteiger partial charge in [-0.2, -0.15) is 0 Å². The van der Waals surface area contributed by atoms with E-state index >= 15 is 0 Å². The molecule has 18 heavy (non-hydrogen) atoms. The molecule has 0 aliphatic heterocycles. The third-order valence-electron chi connectivity index (χ3n) is 3.37. The fraction of sp³-hybridized carbons (Fsp3) is 1.00. The molecule has 0 aliphatic rings. The van der Waals surface area contributed by atoms with Crippen molar-refractivity contribution in [1.29, 1.82) is 0 Å². The maximum atomic E-state index is 11.6. The molecular weight excluding hydrogens is 332 g/mol. The van der Waals surface area contributed by atoms with Crippen molar-refractivity contribution < 1.29 is 13.2 Å². The summed E-state index contributed by atoms with van der Waals surface area (Å²) in [5.41, 5.74) is 0. The van der Waals surface area contributed by atoms with Crippen molar-refractivity contribution in [2.24, 2.45) is 0 Å². The minimum Gasteiger partial charge on any atom is -0.381 e. The zero-order valence-electron chi connectivity index (χ0n) is 12.0.